The van der Waals surface area contributed by atoms with Crippen LogP contribution in [0.25, 0.3) is 11.2 Å². The normalized spacial score (nSPS) is 23.7. The third kappa shape index (κ3) is 3.61. The number of ether oxygens (including phenoxy) is 3. The highest BCUT2D eigenvalue weighted by Crippen LogP contribution is 2.36. The first-order chi connectivity index (χ1) is 13.8. The van der Waals surface area contributed by atoms with Gasteiger partial charge in [0.1, 0.15) is 18.2 Å². The summed E-state index contributed by atoms with van der Waals surface area (Å²) in [6, 6.07) is 1.83. The van der Waals surface area contributed by atoms with Crippen LogP contribution < -0.4 is 11.4 Å². The van der Waals surface area contributed by atoms with Gasteiger partial charge >= 0.3 is 17.6 Å². The number of anilines is 1. The van der Waals surface area contributed by atoms with Gasteiger partial charge in [-0.2, -0.15) is 10.2 Å². The van der Waals surface area contributed by atoms with Crippen LogP contribution in [-0.2, 0) is 30.3 Å². The van der Waals surface area contributed by atoms with Crippen molar-refractivity contribution in [3.8, 4) is 6.07 Å². The predicted octanol–water partition coefficient (Wildman–Crippen LogP) is -0.571. The van der Waals surface area contributed by atoms with E-state index in [2.05, 4.69) is 14.7 Å². The smallest absolute Gasteiger partial charge is 0.333 e. The zero-order chi connectivity index (χ0) is 21.3. The Balaban J connectivity index is 2.15. The quantitative estimate of drug-likeness (QED) is 0.633. The summed E-state index contributed by atoms with van der Waals surface area (Å²) in [4.78, 5) is 43.8. The van der Waals surface area contributed by atoms with Crippen LogP contribution in [0.2, 0.25) is 0 Å². The fraction of sp³-hybridized carbons (Fsp3) is 0.500. The van der Waals surface area contributed by atoms with Gasteiger partial charge in [-0.25, -0.2) is 18.7 Å². The lowest BCUT2D eigenvalue weighted by Crippen LogP contribution is -2.37. The number of halogens is 1. The summed E-state index contributed by atoms with van der Waals surface area (Å²) in [7, 11) is 1.13. The number of nitrogens with two attached hydrogens (primary N) is 1. The van der Waals surface area contributed by atoms with Gasteiger partial charge in [-0.3, -0.25) is 14.2 Å². The highest BCUT2D eigenvalue weighted by molar-refractivity contribution is 5.72. The van der Waals surface area contributed by atoms with Crippen molar-refractivity contribution >= 4 is 29.1 Å². The lowest BCUT2D eigenvalue weighted by atomic mass is 10.1. The molecule has 0 amide bonds. The third-order valence-electron chi connectivity index (χ3n) is 4.37. The number of hydrogen-bond acceptors (Lipinski definition) is 10. The summed E-state index contributed by atoms with van der Waals surface area (Å²) in [5.74, 6) is -1.73. The van der Waals surface area contributed by atoms with Gasteiger partial charge in [-0.15, -0.1) is 0 Å². The van der Waals surface area contributed by atoms with Gasteiger partial charge < -0.3 is 19.9 Å². The van der Waals surface area contributed by atoms with Crippen molar-refractivity contribution in [1.82, 2.24) is 19.1 Å². The highest BCUT2D eigenvalue weighted by Gasteiger charge is 2.50. The highest BCUT2D eigenvalue weighted by atomic mass is 19.1. The molecule has 0 unspecified atom stereocenters. The van der Waals surface area contributed by atoms with Gasteiger partial charge in [-0.1, -0.05) is 0 Å². The summed E-state index contributed by atoms with van der Waals surface area (Å²) in [6.07, 6.45) is -5.48. The molecule has 1 saturated heterocycles. The molecule has 0 radical (unpaired) electrons. The molecule has 2 N–H and O–H groups in total. The molecule has 1 fully saturated rings. The van der Waals surface area contributed by atoms with Gasteiger partial charge in [-0.05, 0) is 0 Å². The van der Waals surface area contributed by atoms with E-state index in [9.17, 15) is 18.8 Å². The fourth-order valence-corrected chi connectivity index (χ4v) is 3.16. The molecule has 1 aliphatic heterocycles. The van der Waals surface area contributed by atoms with E-state index in [0.29, 0.717) is 0 Å². The molecule has 3 rings (SSSR count). The number of hydrogen-bond donors (Lipinski definition) is 1. The number of fused-ring (bicyclic) bond motifs is 1. The van der Waals surface area contributed by atoms with Crippen molar-refractivity contribution in [2.24, 2.45) is 0 Å². The Morgan fingerprint density at radius 2 is 2.21 bits per heavy atom. The molecular weight excluding hydrogens is 391 g/mol. The van der Waals surface area contributed by atoms with E-state index in [-0.39, 0.29) is 23.7 Å². The lowest BCUT2D eigenvalue weighted by Gasteiger charge is -2.19. The molecule has 29 heavy (non-hydrogen) atoms. The molecule has 2 aromatic heterocycles. The molecule has 0 aliphatic carbocycles. The average molecular weight is 408 g/mol. The summed E-state index contributed by atoms with van der Waals surface area (Å²) >= 11 is 0. The predicted molar refractivity (Wildman–Crippen MR) is 92.8 cm³/mol. The number of nitriles is 1. The number of alkyl halides is 1. The van der Waals surface area contributed by atoms with Gasteiger partial charge in [0.05, 0.1) is 25.8 Å². The zero-order valence-corrected chi connectivity index (χ0v) is 15.4. The van der Waals surface area contributed by atoms with E-state index in [0.717, 1.165) is 23.2 Å². The molecule has 0 spiro atoms. The van der Waals surface area contributed by atoms with E-state index in [1.54, 1.807) is 0 Å². The molecule has 4 atom stereocenters. The summed E-state index contributed by atoms with van der Waals surface area (Å²) < 4.78 is 32.1. The minimum atomic E-state index is -1.93. The molecule has 13 heteroatoms. The first-order valence-corrected chi connectivity index (χ1v) is 8.42. The van der Waals surface area contributed by atoms with Crippen molar-refractivity contribution in [2.75, 3.05) is 12.8 Å². The number of nitrogens with zero attached hydrogens (tertiary/aromatic N) is 5. The van der Waals surface area contributed by atoms with Crippen LogP contribution in [-0.4, -0.2) is 56.5 Å². The largest absolute Gasteiger partial charge is 0.469 e. The molecule has 12 nitrogen and oxygen atoms in total. The second-order valence-electron chi connectivity index (χ2n) is 6.20. The topological polar surface area (TPSA) is 164 Å². The summed E-state index contributed by atoms with van der Waals surface area (Å²) in [6.45, 7) is 0.727. The van der Waals surface area contributed by atoms with E-state index in [1.807, 2.05) is 6.07 Å². The molecule has 0 aromatic carbocycles. The number of nitrogen functional groups attached to an aromatic ring is 1. The number of carbonyl (C=O) groups excluding carboxylic acids is 2. The fourth-order valence-electron chi connectivity index (χ4n) is 3.16. The van der Waals surface area contributed by atoms with Crippen LogP contribution in [0.15, 0.2) is 11.0 Å². The number of imidazole rings is 1. The first-order valence-electron chi connectivity index (χ1n) is 8.42. The number of methoxy groups -OCH3 is 1. The average Bonchev–Trinajstić information content (AvgIpc) is 3.10. The standard InChI is InChI=1S/C16H17FN6O6/c1-7(24)28-12-11(17)9(5-10(25)27-2)29-14(12)23-13-8(6-20-15(19)21-13)22(4-3-18)16(23)26/h6,9,11-12,14H,4-5H2,1-2H3,(H2,19,20,21)/t9-,11-,12-,14-/m1/s1. The second-order valence-corrected chi connectivity index (χ2v) is 6.20. The Bertz CT molecular complexity index is 1060. The molecule has 154 valence electrons. The van der Waals surface area contributed by atoms with Crippen molar-refractivity contribution in [3.05, 3.63) is 16.7 Å². The SMILES string of the molecule is COC(=O)C[C@H]1O[C@@H](n2c(=O)n(CC#N)c3cnc(N)nc32)[C@H](OC(C)=O)[C@@H]1F. The minimum Gasteiger partial charge on any atom is -0.469 e. The maximum Gasteiger partial charge on any atom is 0.333 e. The Hall–Kier alpha value is -3.53. The minimum absolute atomic E-state index is 0.0363. The zero-order valence-electron chi connectivity index (χ0n) is 15.4. The molecular formula is C16H17FN6O6. The Morgan fingerprint density at radius 3 is 2.83 bits per heavy atom. The molecule has 2 aromatic rings. The summed E-state index contributed by atoms with van der Waals surface area (Å²) in [5, 5.41) is 9.02. The van der Waals surface area contributed by atoms with Gasteiger partial charge in [0.15, 0.2) is 24.2 Å². The Labute approximate surface area is 162 Å². The van der Waals surface area contributed by atoms with Crippen molar-refractivity contribution in [2.45, 2.75) is 44.5 Å². The maximum absolute atomic E-state index is 15.0. The monoisotopic (exact) mass is 408 g/mol. The number of esters is 2. The van der Waals surface area contributed by atoms with Crippen molar-refractivity contribution < 1.29 is 28.2 Å². The van der Waals surface area contributed by atoms with Crippen LogP contribution in [0.3, 0.4) is 0 Å². The van der Waals surface area contributed by atoms with Gasteiger partial charge in [0.2, 0.25) is 5.95 Å². The van der Waals surface area contributed by atoms with Crippen molar-refractivity contribution in [3.63, 3.8) is 0 Å². The van der Waals surface area contributed by atoms with Gasteiger partial charge in [0.25, 0.3) is 0 Å². The van der Waals surface area contributed by atoms with Crippen LogP contribution in [0.4, 0.5) is 10.3 Å². The van der Waals surface area contributed by atoms with E-state index >= 15 is 0 Å². The number of rotatable bonds is 5. The van der Waals surface area contributed by atoms with Gasteiger partial charge in [0, 0.05) is 6.92 Å². The maximum atomic E-state index is 15.0. The molecule has 0 saturated carbocycles. The molecule has 1 aliphatic rings. The van der Waals surface area contributed by atoms with Crippen LogP contribution in [0.1, 0.15) is 19.6 Å². The first kappa shape index (κ1) is 20.2. The van der Waals surface area contributed by atoms with Crippen LogP contribution in [0, 0.1) is 11.3 Å². The number of aromatic nitrogens is 4. The number of carbonyl (C=O) groups is 2. The molecule has 0 bridgehead atoms. The summed E-state index contributed by atoms with van der Waals surface area (Å²) in [5.41, 5.74) is 4.96. The lowest BCUT2D eigenvalue weighted by molar-refractivity contribution is -0.154. The third-order valence-corrected chi connectivity index (χ3v) is 4.37. The van der Waals surface area contributed by atoms with Crippen LogP contribution in [0.5, 0.6) is 0 Å². The second kappa shape index (κ2) is 7.84. The van der Waals surface area contributed by atoms with E-state index in [1.165, 1.54) is 6.20 Å². The van der Waals surface area contributed by atoms with Crippen LogP contribution >= 0.6 is 0 Å². The molecule has 3 heterocycles. The Morgan fingerprint density at radius 1 is 1.48 bits per heavy atom. The van der Waals surface area contributed by atoms with Crippen molar-refractivity contribution in [1.29, 1.82) is 5.26 Å². The van der Waals surface area contributed by atoms with E-state index < -0.39 is 48.7 Å². The Kier molecular flexibility index (Phi) is 5.46. The van der Waals surface area contributed by atoms with E-state index in [4.69, 9.17) is 20.5 Å².